The molecule has 13 heteroatoms. The van der Waals surface area contributed by atoms with Gasteiger partial charge in [-0.2, -0.15) is 0 Å². The van der Waals surface area contributed by atoms with Crippen LogP contribution in [0.4, 0.5) is 0 Å². The molecule has 0 radical (unpaired) electrons. The van der Waals surface area contributed by atoms with Crippen LogP contribution in [0, 0.1) is 5.92 Å². The van der Waals surface area contributed by atoms with Crippen molar-refractivity contribution in [2.75, 3.05) is 0 Å². The third-order valence-electron chi connectivity index (χ3n) is 6.35. The first kappa shape index (κ1) is 33.6. The standard InChI is InChI=1S/C29H38N4O9/c1-16(2)13-24(29(41)42)33-28(40)23(15-18-5-9-20(35)10-6-18)32-27(39)22(14-17-3-7-19(34)8-4-17)31-26(38)21(30)11-12-25(36)37/h3-10,16,21-24,34-35H,11-15,30H2,1-2H3,(H,31,38)(H,32,39)(H,33,40)(H,36,37)(H,41,42). The number of aromatic hydroxyl groups is 2. The Morgan fingerprint density at radius 2 is 1.10 bits per heavy atom. The van der Waals surface area contributed by atoms with Crippen molar-refractivity contribution >= 4 is 29.7 Å². The van der Waals surface area contributed by atoms with E-state index in [2.05, 4.69) is 16.0 Å². The number of nitrogens with one attached hydrogen (secondary N) is 3. The van der Waals surface area contributed by atoms with Crippen molar-refractivity contribution in [3.8, 4) is 11.5 Å². The lowest BCUT2D eigenvalue weighted by atomic mass is 10.00. The smallest absolute Gasteiger partial charge is 0.326 e. The fourth-order valence-corrected chi connectivity index (χ4v) is 4.08. The molecule has 0 aliphatic rings. The van der Waals surface area contributed by atoms with Gasteiger partial charge in [0.25, 0.3) is 0 Å². The number of phenolic OH excluding ortho intramolecular Hbond substituents is 2. The summed E-state index contributed by atoms with van der Waals surface area (Å²) in [6, 6.07) is 6.79. The van der Waals surface area contributed by atoms with E-state index < -0.39 is 53.8 Å². The van der Waals surface area contributed by atoms with Gasteiger partial charge in [-0.05, 0) is 54.2 Å². The highest BCUT2D eigenvalue weighted by Gasteiger charge is 2.31. The molecule has 0 aromatic heterocycles. The third-order valence-corrected chi connectivity index (χ3v) is 6.35. The number of aliphatic carboxylic acids is 2. The molecule has 0 saturated carbocycles. The molecule has 4 atom stereocenters. The van der Waals surface area contributed by atoms with Crippen LogP contribution in [-0.2, 0) is 36.8 Å². The van der Waals surface area contributed by atoms with E-state index in [0.29, 0.717) is 11.1 Å². The summed E-state index contributed by atoms with van der Waals surface area (Å²) in [5.41, 5.74) is 6.94. The van der Waals surface area contributed by atoms with Crippen molar-refractivity contribution in [1.82, 2.24) is 16.0 Å². The van der Waals surface area contributed by atoms with Crippen LogP contribution in [0.3, 0.4) is 0 Å². The summed E-state index contributed by atoms with van der Waals surface area (Å²) in [5.74, 6) is -4.78. The molecule has 2 rings (SSSR count). The monoisotopic (exact) mass is 586 g/mol. The Morgan fingerprint density at radius 1 is 0.690 bits per heavy atom. The number of benzene rings is 2. The molecular weight excluding hydrogens is 548 g/mol. The second-order valence-electron chi connectivity index (χ2n) is 10.4. The lowest BCUT2D eigenvalue weighted by Crippen LogP contribution is -2.58. The van der Waals surface area contributed by atoms with Crippen molar-refractivity contribution in [1.29, 1.82) is 0 Å². The van der Waals surface area contributed by atoms with Gasteiger partial charge in [-0.3, -0.25) is 19.2 Å². The van der Waals surface area contributed by atoms with Gasteiger partial charge >= 0.3 is 11.9 Å². The molecule has 0 fully saturated rings. The Kier molecular flexibility index (Phi) is 12.8. The van der Waals surface area contributed by atoms with Gasteiger partial charge in [0, 0.05) is 19.3 Å². The third kappa shape index (κ3) is 11.5. The molecule has 0 bridgehead atoms. The number of carbonyl (C=O) groups is 5. The second kappa shape index (κ2) is 16.0. The van der Waals surface area contributed by atoms with Gasteiger partial charge in [-0.25, -0.2) is 4.79 Å². The zero-order valence-electron chi connectivity index (χ0n) is 23.4. The minimum absolute atomic E-state index is 0.0115. The normalized spacial score (nSPS) is 13.8. The molecule has 0 spiro atoms. The Morgan fingerprint density at radius 3 is 1.48 bits per heavy atom. The molecule has 9 N–H and O–H groups in total. The lowest BCUT2D eigenvalue weighted by Gasteiger charge is -2.26. The summed E-state index contributed by atoms with van der Waals surface area (Å²) in [7, 11) is 0. The number of carbonyl (C=O) groups excluding carboxylic acids is 3. The number of hydrogen-bond donors (Lipinski definition) is 8. The average molecular weight is 587 g/mol. The second-order valence-corrected chi connectivity index (χ2v) is 10.4. The lowest BCUT2D eigenvalue weighted by molar-refractivity contribution is -0.143. The van der Waals surface area contributed by atoms with Crippen LogP contribution in [-0.4, -0.2) is 74.3 Å². The minimum Gasteiger partial charge on any atom is -0.508 e. The summed E-state index contributed by atoms with van der Waals surface area (Å²) in [4.78, 5) is 62.3. The molecule has 42 heavy (non-hydrogen) atoms. The maximum Gasteiger partial charge on any atom is 0.326 e. The molecule has 2 aromatic rings. The van der Waals surface area contributed by atoms with Crippen molar-refractivity contribution in [3.05, 3.63) is 59.7 Å². The summed E-state index contributed by atoms with van der Waals surface area (Å²) in [5, 5.41) is 45.3. The number of carboxylic acid groups (broad SMARTS) is 2. The zero-order chi connectivity index (χ0) is 31.4. The molecule has 228 valence electrons. The quantitative estimate of drug-likeness (QED) is 0.137. The Balaban J connectivity index is 2.33. The maximum absolute atomic E-state index is 13.5. The first-order chi connectivity index (χ1) is 19.7. The Bertz CT molecular complexity index is 1230. The number of nitrogens with two attached hydrogens (primary N) is 1. The molecular formula is C29H38N4O9. The van der Waals surface area contributed by atoms with Gasteiger partial charge < -0.3 is 42.1 Å². The highest BCUT2D eigenvalue weighted by atomic mass is 16.4. The number of amides is 3. The molecule has 0 heterocycles. The summed E-state index contributed by atoms with van der Waals surface area (Å²) in [6.07, 6.45) is -0.521. The Labute approximate surface area is 243 Å². The molecule has 4 unspecified atom stereocenters. The van der Waals surface area contributed by atoms with E-state index in [1.807, 2.05) is 0 Å². The zero-order valence-corrected chi connectivity index (χ0v) is 23.4. The van der Waals surface area contributed by atoms with Crippen LogP contribution in [0.25, 0.3) is 0 Å². The average Bonchev–Trinajstić information content (AvgIpc) is 2.92. The minimum atomic E-state index is -1.27. The highest BCUT2D eigenvalue weighted by Crippen LogP contribution is 2.14. The van der Waals surface area contributed by atoms with E-state index in [1.54, 1.807) is 26.0 Å². The van der Waals surface area contributed by atoms with Crippen molar-refractivity contribution in [3.63, 3.8) is 0 Å². The van der Waals surface area contributed by atoms with Crippen LogP contribution < -0.4 is 21.7 Å². The van der Waals surface area contributed by atoms with Gasteiger partial charge in [-0.1, -0.05) is 38.1 Å². The van der Waals surface area contributed by atoms with E-state index in [-0.39, 0.29) is 49.5 Å². The van der Waals surface area contributed by atoms with Crippen LogP contribution in [0.2, 0.25) is 0 Å². The SMILES string of the molecule is CC(C)CC(NC(=O)C(Cc1ccc(O)cc1)NC(=O)C(Cc1ccc(O)cc1)NC(=O)C(N)CCC(=O)O)C(=O)O. The molecule has 2 aromatic carbocycles. The van der Waals surface area contributed by atoms with E-state index >= 15 is 0 Å². The Hall–Kier alpha value is -4.65. The van der Waals surface area contributed by atoms with E-state index in [9.17, 15) is 39.3 Å². The number of hydrogen-bond acceptors (Lipinski definition) is 8. The molecule has 13 nitrogen and oxygen atoms in total. The van der Waals surface area contributed by atoms with Crippen LogP contribution in [0.5, 0.6) is 11.5 Å². The number of rotatable bonds is 16. The van der Waals surface area contributed by atoms with Crippen molar-refractivity contribution < 1.29 is 44.4 Å². The van der Waals surface area contributed by atoms with Gasteiger partial charge in [0.05, 0.1) is 6.04 Å². The van der Waals surface area contributed by atoms with Crippen LogP contribution >= 0.6 is 0 Å². The molecule has 0 saturated heterocycles. The van der Waals surface area contributed by atoms with Crippen LogP contribution in [0.1, 0.15) is 44.2 Å². The van der Waals surface area contributed by atoms with E-state index in [4.69, 9.17) is 10.8 Å². The molecule has 0 aliphatic heterocycles. The largest absolute Gasteiger partial charge is 0.508 e. The summed E-state index contributed by atoms with van der Waals surface area (Å²) in [6.45, 7) is 3.60. The predicted octanol–water partition coefficient (Wildman–Crippen LogP) is 0.660. The first-order valence-electron chi connectivity index (χ1n) is 13.4. The molecule has 3 amide bonds. The fraction of sp³-hybridized carbons (Fsp3) is 0.414. The van der Waals surface area contributed by atoms with Gasteiger partial charge in [0.1, 0.15) is 29.6 Å². The number of phenols is 2. The summed E-state index contributed by atoms with van der Waals surface area (Å²) >= 11 is 0. The number of carboxylic acids is 2. The van der Waals surface area contributed by atoms with Gasteiger partial charge in [0.15, 0.2) is 0 Å². The van der Waals surface area contributed by atoms with Gasteiger partial charge in [-0.15, -0.1) is 0 Å². The molecule has 0 aliphatic carbocycles. The van der Waals surface area contributed by atoms with Crippen molar-refractivity contribution in [2.24, 2.45) is 11.7 Å². The van der Waals surface area contributed by atoms with Gasteiger partial charge in [0.2, 0.25) is 17.7 Å². The van der Waals surface area contributed by atoms with Crippen molar-refractivity contribution in [2.45, 2.75) is 70.1 Å². The fourth-order valence-electron chi connectivity index (χ4n) is 4.08. The van der Waals surface area contributed by atoms with E-state index in [1.165, 1.54) is 36.4 Å². The highest BCUT2D eigenvalue weighted by molar-refractivity contribution is 5.94. The summed E-state index contributed by atoms with van der Waals surface area (Å²) < 4.78 is 0. The van der Waals surface area contributed by atoms with Crippen LogP contribution in [0.15, 0.2) is 48.5 Å². The van der Waals surface area contributed by atoms with E-state index in [0.717, 1.165) is 0 Å². The maximum atomic E-state index is 13.5. The predicted molar refractivity (Wildman–Crippen MR) is 151 cm³/mol. The topological polar surface area (TPSA) is 228 Å². The first-order valence-corrected chi connectivity index (χ1v) is 13.4.